The van der Waals surface area contributed by atoms with Crippen molar-refractivity contribution < 1.29 is 8.78 Å². The maximum Gasteiger partial charge on any atom is 0.234 e. The van der Waals surface area contributed by atoms with Crippen LogP contribution in [0.2, 0.25) is 0 Å². The molecule has 0 unspecified atom stereocenters. The highest BCUT2D eigenvalue weighted by atomic mass is 19.2. The summed E-state index contributed by atoms with van der Waals surface area (Å²) in [4.78, 5) is 13.0. The summed E-state index contributed by atoms with van der Waals surface area (Å²) in [5.74, 6) is -0.808. The predicted octanol–water partition coefficient (Wildman–Crippen LogP) is 3.48. The molecule has 5 nitrogen and oxygen atoms in total. The molecule has 126 valence electrons. The van der Waals surface area contributed by atoms with Crippen LogP contribution in [0.15, 0.2) is 49.1 Å². The van der Waals surface area contributed by atoms with Gasteiger partial charge in [-0.3, -0.25) is 4.40 Å². The second-order valence-corrected chi connectivity index (χ2v) is 5.63. The second kappa shape index (κ2) is 6.08. The van der Waals surface area contributed by atoms with Gasteiger partial charge in [-0.25, -0.2) is 23.7 Å². The number of rotatable bonds is 4. The number of hydrogen-bond donors (Lipinski definition) is 0. The number of nitrogens with zero attached hydrogens (tertiary/aromatic N) is 5. The number of hydrogen-bond acceptors (Lipinski definition) is 3. The highest BCUT2D eigenvalue weighted by molar-refractivity contribution is 5.56. The molecule has 7 heteroatoms. The highest BCUT2D eigenvalue weighted by Crippen LogP contribution is 2.24. The van der Waals surface area contributed by atoms with Gasteiger partial charge in [-0.2, -0.15) is 0 Å². The van der Waals surface area contributed by atoms with Gasteiger partial charge in [-0.05, 0) is 24.6 Å². The summed E-state index contributed by atoms with van der Waals surface area (Å²) in [6.07, 6.45) is 7.69. The molecule has 0 amide bonds. The zero-order valence-corrected chi connectivity index (χ0v) is 13.5. The first kappa shape index (κ1) is 15.4. The van der Waals surface area contributed by atoms with Crippen LogP contribution in [-0.4, -0.2) is 23.9 Å². The van der Waals surface area contributed by atoms with Crippen molar-refractivity contribution in [1.82, 2.24) is 23.9 Å². The van der Waals surface area contributed by atoms with Gasteiger partial charge in [0.05, 0.1) is 17.8 Å². The Morgan fingerprint density at radius 3 is 2.76 bits per heavy atom. The average molecular weight is 339 g/mol. The molecule has 4 rings (SSSR count). The topological polar surface area (TPSA) is 48.0 Å². The lowest BCUT2D eigenvalue weighted by atomic mass is 10.2. The summed E-state index contributed by atoms with van der Waals surface area (Å²) in [7, 11) is 0. The van der Waals surface area contributed by atoms with Crippen molar-refractivity contribution in [2.24, 2.45) is 0 Å². The number of aryl methyl sites for hydroxylation is 1. The molecular formula is C18H15F2N5. The fourth-order valence-corrected chi connectivity index (χ4v) is 3.00. The second-order valence-electron chi connectivity index (χ2n) is 5.63. The molecule has 0 aliphatic heterocycles. The summed E-state index contributed by atoms with van der Waals surface area (Å²) >= 11 is 0. The maximum atomic E-state index is 14.1. The van der Waals surface area contributed by atoms with E-state index in [0.717, 1.165) is 23.9 Å². The van der Waals surface area contributed by atoms with Gasteiger partial charge in [-0.1, -0.05) is 13.0 Å². The van der Waals surface area contributed by atoms with E-state index < -0.39 is 11.6 Å². The predicted molar refractivity (Wildman–Crippen MR) is 89.0 cm³/mol. The SMILES string of the molecule is CCc1c(Cn2ccnc2-c2cccc(F)c2F)nc2ncccn12. The van der Waals surface area contributed by atoms with Crippen LogP contribution < -0.4 is 0 Å². The lowest BCUT2D eigenvalue weighted by Crippen LogP contribution is -2.05. The van der Waals surface area contributed by atoms with Gasteiger partial charge in [0.1, 0.15) is 5.82 Å². The van der Waals surface area contributed by atoms with Crippen LogP contribution in [0.3, 0.4) is 0 Å². The Hall–Kier alpha value is -3.09. The third-order valence-electron chi connectivity index (χ3n) is 4.15. The molecule has 3 heterocycles. The van der Waals surface area contributed by atoms with Crippen LogP contribution >= 0.6 is 0 Å². The van der Waals surface area contributed by atoms with E-state index in [-0.39, 0.29) is 5.56 Å². The van der Waals surface area contributed by atoms with Crippen LogP contribution in [-0.2, 0) is 13.0 Å². The molecule has 3 aromatic heterocycles. The Balaban J connectivity index is 1.79. The van der Waals surface area contributed by atoms with E-state index in [1.807, 2.05) is 23.6 Å². The van der Waals surface area contributed by atoms with Crippen molar-refractivity contribution in [1.29, 1.82) is 0 Å². The van der Waals surface area contributed by atoms with Crippen molar-refractivity contribution in [3.8, 4) is 11.4 Å². The molecule has 4 aromatic rings. The zero-order chi connectivity index (χ0) is 17.4. The molecule has 0 radical (unpaired) electrons. The molecular weight excluding hydrogens is 324 g/mol. The normalized spacial score (nSPS) is 11.3. The standard InChI is InChI=1S/C18H15F2N5/c1-2-15-14(23-18-22-7-4-9-25(15)18)11-24-10-8-21-17(24)12-5-3-6-13(19)16(12)20/h3-10H,2,11H2,1H3. The summed E-state index contributed by atoms with van der Waals surface area (Å²) in [6, 6.07) is 5.93. The van der Waals surface area contributed by atoms with E-state index in [2.05, 4.69) is 15.0 Å². The van der Waals surface area contributed by atoms with Gasteiger partial charge in [0.2, 0.25) is 5.78 Å². The lowest BCUT2D eigenvalue weighted by Gasteiger charge is -2.09. The Labute approximate surface area is 142 Å². The largest absolute Gasteiger partial charge is 0.325 e. The first-order valence-electron chi connectivity index (χ1n) is 7.95. The minimum Gasteiger partial charge on any atom is -0.325 e. The van der Waals surface area contributed by atoms with Crippen LogP contribution in [0.5, 0.6) is 0 Å². The van der Waals surface area contributed by atoms with Crippen molar-refractivity contribution in [2.45, 2.75) is 19.9 Å². The van der Waals surface area contributed by atoms with Crippen LogP contribution in [0.1, 0.15) is 18.3 Å². The Morgan fingerprint density at radius 2 is 1.92 bits per heavy atom. The number of fused-ring (bicyclic) bond motifs is 1. The molecule has 0 spiro atoms. The molecule has 25 heavy (non-hydrogen) atoms. The molecule has 1 aromatic carbocycles. The Kier molecular flexibility index (Phi) is 3.76. The smallest absolute Gasteiger partial charge is 0.234 e. The van der Waals surface area contributed by atoms with E-state index >= 15 is 0 Å². The van der Waals surface area contributed by atoms with E-state index in [1.54, 1.807) is 23.2 Å². The molecule has 0 saturated carbocycles. The van der Waals surface area contributed by atoms with Gasteiger partial charge in [-0.15, -0.1) is 0 Å². The number of aromatic nitrogens is 5. The van der Waals surface area contributed by atoms with E-state index in [1.165, 1.54) is 12.1 Å². The Bertz CT molecular complexity index is 1050. The van der Waals surface area contributed by atoms with Crippen molar-refractivity contribution in [2.75, 3.05) is 0 Å². The average Bonchev–Trinajstić information content (AvgIpc) is 3.21. The number of imidazole rings is 2. The molecule has 0 saturated heterocycles. The van der Waals surface area contributed by atoms with Crippen molar-refractivity contribution >= 4 is 5.78 Å². The van der Waals surface area contributed by atoms with E-state index in [4.69, 9.17) is 0 Å². The van der Waals surface area contributed by atoms with Crippen LogP contribution in [0.25, 0.3) is 17.2 Å². The zero-order valence-electron chi connectivity index (χ0n) is 13.5. The molecule has 0 aliphatic carbocycles. The monoisotopic (exact) mass is 339 g/mol. The minimum atomic E-state index is -0.901. The van der Waals surface area contributed by atoms with Crippen LogP contribution in [0, 0.1) is 11.6 Å². The quantitative estimate of drug-likeness (QED) is 0.572. The lowest BCUT2D eigenvalue weighted by molar-refractivity contribution is 0.510. The molecule has 0 fully saturated rings. The fraction of sp³-hybridized carbons (Fsp3) is 0.167. The number of halogens is 2. The third-order valence-corrected chi connectivity index (χ3v) is 4.15. The summed E-state index contributed by atoms with van der Waals surface area (Å²) < 4.78 is 31.4. The summed E-state index contributed by atoms with van der Waals surface area (Å²) in [5.41, 5.74) is 1.99. The van der Waals surface area contributed by atoms with Crippen LogP contribution in [0.4, 0.5) is 8.78 Å². The molecule has 0 N–H and O–H groups in total. The highest BCUT2D eigenvalue weighted by Gasteiger charge is 2.17. The van der Waals surface area contributed by atoms with E-state index in [0.29, 0.717) is 18.1 Å². The van der Waals surface area contributed by atoms with Gasteiger partial charge in [0, 0.05) is 30.5 Å². The van der Waals surface area contributed by atoms with Gasteiger partial charge in [0.25, 0.3) is 0 Å². The van der Waals surface area contributed by atoms with Gasteiger partial charge in [0.15, 0.2) is 11.6 Å². The third kappa shape index (κ3) is 2.57. The number of benzene rings is 1. The van der Waals surface area contributed by atoms with E-state index in [9.17, 15) is 8.78 Å². The van der Waals surface area contributed by atoms with Gasteiger partial charge >= 0.3 is 0 Å². The Morgan fingerprint density at radius 1 is 1.04 bits per heavy atom. The summed E-state index contributed by atoms with van der Waals surface area (Å²) in [5, 5.41) is 0. The first-order chi connectivity index (χ1) is 12.2. The van der Waals surface area contributed by atoms with Gasteiger partial charge < -0.3 is 4.57 Å². The summed E-state index contributed by atoms with van der Waals surface area (Å²) in [6.45, 7) is 2.44. The molecule has 0 aliphatic rings. The molecule has 0 bridgehead atoms. The molecule has 0 atom stereocenters. The van der Waals surface area contributed by atoms with Crippen molar-refractivity contribution in [3.63, 3.8) is 0 Å². The van der Waals surface area contributed by atoms with Crippen molar-refractivity contribution in [3.05, 3.63) is 72.1 Å². The maximum absolute atomic E-state index is 14.1. The first-order valence-corrected chi connectivity index (χ1v) is 7.95. The fourth-order valence-electron chi connectivity index (χ4n) is 3.00. The minimum absolute atomic E-state index is 0.130.